The maximum atomic E-state index is 13.2. The fourth-order valence-corrected chi connectivity index (χ4v) is 3.10. The lowest BCUT2D eigenvalue weighted by Gasteiger charge is -2.15. The highest BCUT2D eigenvalue weighted by atomic mass is 19.4. The third-order valence-electron chi connectivity index (χ3n) is 4.63. The Balaban J connectivity index is 1.80. The topological polar surface area (TPSA) is 87.5 Å². The third-order valence-corrected chi connectivity index (χ3v) is 4.63. The molecule has 1 N–H and O–H groups in total. The molecular weight excluding hydrogens is 429 g/mol. The number of carbonyl (C=O) groups is 1. The number of amides is 1. The first kappa shape index (κ1) is 22.9. The number of hydrogen-bond acceptors (Lipinski definition) is 6. The van der Waals surface area contributed by atoms with Gasteiger partial charge in [0.2, 0.25) is 11.7 Å². The molecule has 1 aromatic heterocycles. The van der Waals surface area contributed by atoms with Crippen molar-refractivity contribution in [1.82, 2.24) is 14.8 Å². The van der Waals surface area contributed by atoms with Crippen LogP contribution in [0.25, 0.3) is 5.69 Å². The number of halogens is 3. The molecule has 32 heavy (non-hydrogen) atoms. The number of aromatic nitrogens is 3. The van der Waals surface area contributed by atoms with Gasteiger partial charge in [-0.05, 0) is 42.3 Å². The Hall–Kier alpha value is -3.76. The number of carbonyl (C=O) groups excluding carboxylic acids is 1. The van der Waals surface area contributed by atoms with E-state index in [1.54, 1.807) is 12.1 Å². The van der Waals surface area contributed by atoms with Crippen LogP contribution in [-0.4, -0.2) is 42.0 Å². The summed E-state index contributed by atoms with van der Waals surface area (Å²) in [7, 11) is 4.44. The van der Waals surface area contributed by atoms with Crippen LogP contribution in [0.2, 0.25) is 0 Å². The van der Waals surface area contributed by atoms with Gasteiger partial charge in [-0.2, -0.15) is 18.3 Å². The van der Waals surface area contributed by atoms with E-state index < -0.39 is 17.6 Å². The summed E-state index contributed by atoms with van der Waals surface area (Å²) < 4.78 is 56.7. The Morgan fingerprint density at radius 2 is 1.75 bits per heavy atom. The van der Waals surface area contributed by atoms with Crippen LogP contribution in [0.1, 0.15) is 17.5 Å². The Morgan fingerprint density at radius 1 is 1.06 bits per heavy atom. The van der Waals surface area contributed by atoms with Gasteiger partial charge in [-0.1, -0.05) is 0 Å². The molecule has 0 saturated heterocycles. The van der Waals surface area contributed by atoms with Crippen LogP contribution >= 0.6 is 0 Å². The second kappa shape index (κ2) is 9.58. The summed E-state index contributed by atoms with van der Waals surface area (Å²) in [5, 5.41) is 6.47. The molecular formula is C21H21F3N4O4. The van der Waals surface area contributed by atoms with Gasteiger partial charge in [0.05, 0.1) is 38.3 Å². The molecule has 3 aromatic rings. The smallest absolute Gasteiger partial charge is 0.416 e. The molecule has 0 aliphatic carbocycles. The largest absolute Gasteiger partial charge is 0.493 e. The van der Waals surface area contributed by atoms with Gasteiger partial charge >= 0.3 is 6.18 Å². The number of anilines is 1. The monoisotopic (exact) mass is 450 g/mol. The third kappa shape index (κ3) is 5.10. The highest BCUT2D eigenvalue weighted by molar-refractivity contribution is 5.93. The Labute approximate surface area is 181 Å². The van der Waals surface area contributed by atoms with Crippen LogP contribution in [0.3, 0.4) is 0 Å². The minimum atomic E-state index is -4.56. The van der Waals surface area contributed by atoms with Gasteiger partial charge in [-0.3, -0.25) is 4.79 Å². The molecule has 0 aliphatic heterocycles. The van der Waals surface area contributed by atoms with Crippen molar-refractivity contribution in [2.75, 3.05) is 26.6 Å². The molecule has 0 fully saturated rings. The van der Waals surface area contributed by atoms with Gasteiger partial charge in [0.25, 0.3) is 0 Å². The molecule has 0 bridgehead atoms. The first-order chi connectivity index (χ1) is 15.3. The summed E-state index contributed by atoms with van der Waals surface area (Å²) >= 11 is 0. The predicted octanol–water partition coefficient (Wildman–Crippen LogP) is 3.88. The van der Waals surface area contributed by atoms with E-state index in [4.69, 9.17) is 14.2 Å². The van der Waals surface area contributed by atoms with Crippen molar-refractivity contribution in [2.45, 2.75) is 19.0 Å². The Morgan fingerprint density at radius 3 is 2.28 bits per heavy atom. The highest BCUT2D eigenvalue weighted by Crippen LogP contribution is 2.38. The number of benzene rings is 2. The Bertz CT molecular complexity index is 1060. The van der Waals surface area contributed by atoms with Crippen LogP contribution in [-0.2, 0) is 17.4 Å². The van der Waals surface area contributed by atoms with Crippen LogP contribution in [0.5, 0.6) is 17.2 Å². The molecule has 1 amide bonds. The van der Waals surface area contributed by atoms with Gasteiger partial charge in [-0.15, -0.1) is 0 Å². The van der Waals surface area contributed by atoms with E-state index in [2.05, 4.69) is 15.4 Å². The molecule has 0 saturated carbocycles. The number of aryl methyl sites for hydroxylation is 1. The summed E-state index contributed by atoms with van der Waals surface area (Å²) in [6, 6.07) is 6.43. The average Bonchev–Trinajstić information content (AvgIpc) is 3.30. The first-order valence-electron chi connectivity index (χ1n) is 9.41. The van der Waals surface area contributed by atoms with Crippen LogP contribution in [0.15, 0.2) is 43.0 Å². The Kier molecular flexibility index (Phi) is 6.86. The fraction of sp³-hybridized carbons (Fsp3) is 0.286. The van der Waals surface area contributed by atoms with E-state index in [0.29, 0.717) is 23.7 Å². The second-order valence-electron chi connectivity index (χ2n) is 6.65. The van der Waals surface area contributed by atoms with Crippen molar-refractivity contribution in [3.63, 3.8) is 0 Å². The number of nitrogens with zero attached hydrogens (tertiary/aromatic N) is 3. The number of nitrogens with one attached hydrogen (secondary N) is 1. The number of hydrogen-bond donors (Lipinski definition) is 1. The number of ether oxygens (including phenoxy) is 3. The van der Waals surface area contributed by atoms with Gasteiger partial charge in [-0.25, -0.2) is 9.67 Å². The molecule has 0 aliphatic rings. The fourth-order valence-electron chi connectivity index (χ4n) is 3.10. The molecule has 0 atom stereocenters. The normalized spacial score (nSPS) is 11.2. The summed E-state index contributed by atoms with van der Waals surface area (Å²) in [4.78, 5) is 16.4. The van der Waals surface area contributed by atoms with Crippen LogP contribution in [0.4, 0.5) is 18.9 Å². The van der Waals surface area contributed by atoms with Crippen molar-refractivity contribution in [3.8, 4) is 22.9 Å². The van der Waals surface area contributed by atoms with Crippen LogP contribution < -0.4 is 19.5 Å². The van der Waals surface area contributed by atoms with Crippen molar-refractivity contribution in [2.24, 2.45) is 0 Å². The van der Waals surface area contributed by atoms with Gasteiger partial charge in [0, 0.05) is 6.42 Å². The van der Waals surface area contributed by atoms with Gasteiger partial charge in [0.1, 0.15) is 12.7 Å². The van der Waals surface area contributed by atoms with E-state index in [0.717, 1.165) is 17.7 Å². The van der Waals surface area contributed by atoms with E-state index in [1.165, 1.54) is 44.7 Å². The van der Waals surface area contributed by atoms with E-state index in [-0.39, 0.29) is 17.8 Å². The van der Waals surface area contributed by atoms with Gasteiger partial charge in [0.15, 0.2) is 11.5 Å². The number of rotatable bonds is 8. The predicted molar refractivity (Wildman–Crippen MR) is 109 cm³/mol. The lowest BCUT2D eigenvalue weighted by Crippen LogP contribution is -2.16. The zero-order valence-corrected chi connectivity index (χ0v) is 17.6. The number of methoxy groups -OCH3 is 3. The van der Waals surface area contributed by atoms with Crippen molar-refractivity contribution in [1.29, 1.82) is 0 Å². The quantitative estimate of drug-likeness (QED) is 0.561. The molecule has 3 rings (SSSR count). The average molecular weight is 450 g/mol. The maximum absolute atomic E-state index is 13.2. The van der Waals surface area contributed by atoms with E-state index in [1.807, 2.05) is 0 Å². The van der Waals surface area contributed by atoms with Crippen LogP contribution in [0, 0.1) is 0 Å². The SMILES string of the molecule is COc1cc(CCC(=O)Nc2cc(C(F)(F)F)ccc2-n2cncn2)cc(OC)c1OC. The van der Waals surface area contributed by atoms with E-state index in [9.17, 15) is 18.0 Å². The lowest BCUT2D eigenvalue weighted by atomic mass is 10.1. The molecule has 0 spiro atoms. The summed E-state index contributed by atoms with van der Waals surface area (Å²) in [6.45, 7) is 0. The molecule has 2 aromatic carbocycles. The number of alkyl halides is 3. The molecule has 0 radical (unpaired) electrons. The molecule has 170 valence electrons. The van der Waals surface area contributed by atoms with Crippen molar-refractivity contribution < 1.29 is 32.2 Å². The minimum Gasteiger partial charge on any atom is -0.493 e. The summed E-state index contributed by atoms with van der Waals surface area (Å²) in [5.74, 6) is 0.825. The van der Waals surface area contributed by atoms with Gasteiger partial charge < -0.3 is 19.5 Å². The molecule has 8 nitrogen and oxygen atoms in total. The summed E-state index contributed by atoms with van der Waals surface area (Å²) in [6.07, 6.45) is -1.69. The second-order valence-corrected chi connectivity index (χ2v) is 6.65. The van der Waals surface area contributed by atoms with E-state index >= 15 is 0 Å². The first-order valence-corrected chi connectivity index (χ1v) is 9.41. The van der Waals surface area contributed by atoms with Crippen molar-refractivity contribution in [3.05, 3.63) is 54.1 Å². The maximum Gasteiger partial charge on any atom is 0.416 e. The lowest BCUT2D eigenvalue weighted by molar-refractivity contribution is -0.137. The molecule has 1 heterocycles. The molecule has 11 heteroatoms. The molecule has 0 unspecified atom stereocenters. The zero-order valence-electron chi connectivity index (χ0n) is 17.6. The summed E-state index contributed by atoms with van der Waals surface area (Å²) in [5.41, 5.74) is 0.0772. The van der Waals surface area contributed by atoms with Crippen molar-refractivity contribution >= 4 is 11.6 Å². The zero-order chi connectivity index (χ0) is 23.3. The standard InChI is InChI=1S/C21H21F3N4O4/c1-30-17-8-13(9-18(31-2)20(17)32-3)4-7-19(29)27-15-10-14(21(22,23)24)5-6-16(15)28-12-25-11-26-28/h5-6,8-12H,4,7H2,1-3H3,(H,27,29). The minimum absolute atomic E-state index is 0.00563. The highest BCUT2D eigenvalue weighted by Gasteiger charge is 2.31.